The van der Waals surface area contributed by atoms with Crippen LogP contribution in [0.25, 0.3) is 0 Å². The van der Waals surface area contributed by atoms with Crippen molar-refractivity contribution >= 4 is 15.9 Å². The van der Waals surface area contributed by atoms with E-state index in [9.17, 15) is 0 Å². The Kier molecular flexibility index (Phi) is 4.64. The molecule has 2 aliphatic rings. The zero-order valence-electron chi connectivity index (χ0n) is 12.1. The number of nitrogens with zero attached hydrogens (tertiary/aromatic N) is 1. The van der Waals surface area contributed by atoms with Crippen molar-refractivity contribution in [3.63, 3.8) is 0 Å². The molecule has 3 rings (SSSR count). The van der Waals surface area contributed by atoms with Gasteiger partial charge in [0.05, 0.1) is 10.6 Å². The summed E-state index contributed by atoms with van der Waals surface area (Å²) in [5.41, 5.74) is 2.65. The van der Waals surface area contributed by atoms with Crippen molar-refractivity contribution in [1.29, 1.82) is 0 Å². The SMILES string of the molecule is Cc1cc(Br)c(OC2CC2)c(CCN2CCNCC2)c1. The van der Waals surface area contributed by atoms with Gasteiger partial charge in [0.2, 0.25) is 0 Å². The molecule has 1 aliphatic heterocycles. The third-order valence-corrected chi connectivity index (χ3v) is 4.57. The molecule has 1 saturated heterocycles. The molecule has 1 heterocycles. The highest BCUT2D eigenvalue weighted by atomic mass is 79.9. The Hall–Kier alpha value is -0.580. The van der Waals surface area contributed by atoms with Gasteiger partial charge in [0.1, 0.15) is 5.75 Å². The molecule has 3 nitrogen and oxygen atoms in total. The second-order valence-electron chi connectivity index (χ2n) is 5.89. The van der Waals surface area contributed by atoms with E-state index >= 15 is 0 Å². The molecule has 0 unspecified atom stereocenters. The maximum absolute atomic E-state index is 6.10. The smallest absolute Gasteiger partial charge is 0.137 e. The van der Waals surface area contributed by atoms with Gasteiger partial charge in [0.25, 0.3) is 0 Å². The molecule has 0 amide bonds. The van der Waals surface area contributed by atoms with E-state index in [-0.39, 0.29) is 0 Å². The molecule has 1 N–H and O–H groups in total. The minimum atomic E-state index is 0.451. The lowest BCUT2D eigenvalue weighted by Gasteiger charge is -2.27. The predicted molar refractivity (Wildman–Crippen MR) is 85.5 cm³/mol. The molecule has 1 aliphatic carbocycles. The van der Waals surface area contributed by atoms with Crippen molar-refractivity contribution in [2.45, 2.75) is 32.3 Å². The average Bonchev–Trinajstić information content (AvgIpc) is 3.25. The normalized spacial score (nSPS) is 20.1. The third-order valence-electron chi connectivity index (χ3n) is 3.98. The fraction of sp³-hybridized carbons (Fsp3) is 0.625. The van der Waals surface area contributed by atoms with Crippen LogP contribution >= 0.6 is 15.9 Å². The summed E-state index contributed by atoms with van der Waals surface area (Å²) < 4.78 is 7.22. The molecule has 0 spiro atoms. The minimum absolute atomic E-state index is 0.451. The van der Waals surface area contributed by atoms with Gasteiger partial charge in [-0.15, -0.1) is 0 Å². The summed E-state index contributed by atoms with van der Waals surface area (Å²) in [4.78, 5) is 2.54. The number of rotatable bonds is 5. The zero-order chi connectivity index (χ0) is 13.9. The zero-order valence-corrected chi connectivity index (χ0v) is 13.7. The lowest BCUT2D eigenvalue weighted by molar-refractivity contribution is 0.241. The van der Waals surface area contributed by atoms with E-state index in [0.29, 0.717) is 6.10 Å². The van der Waals surface area contributed by atoms with Gasteiger partial charge < -0.3 is 15.0 Å². The van der Waals surface area contributed by atoms with Crippen LogP contribution in [0, 0.1) is 6.92 Å². The molecule has 20 heavy (non-hydrogen) atoms. The fourth-order valence-corrected chi connectivity index (χ4v) is 3.39. The highest BCUT2D eigenvalue weighted by molar-refractivity contribution is 9.10. The van der Waals surface area contributed by atoms with Gasteiger partial charge in [-0.2, -0.15) is 0 Å². The highest BCUT2D eigenvalue weighted by Gasteiger charge is 2.26. The van der Waals surface area contributed by atoms with Crippen LogP contribution in [0.2, 0.25) is 0 Å². The lowest BCUT2D eigenvalue weighted by Crippen LogP contribution is -2.44. The van der Waals surface area contributed by atoms with Gasteiger partial charge in [0, 0.05) is 32.7 Å². The summed E-state index contributed by atoms with van der Waals surface area (Å²) >= 11 is 3.67. The van der Waals surface area contributed by atoms with Crippen LogP contribution in [0.15, 0.2) is 16.6 Å². The Bertz CT molecular complexity index is 468. The Balaban J connectivity index is 1.69. The summed E-state index contributed by atoms with van der Waals surface area (Å²) in [5, 5.41) is 3.40. The Morgan fingerprint density at radius 3 is 2.75 bits per heavy atom. The maximum Gasteiger partial charge on any atom is 0.137 e. The first kappa shape index (κ1) is 14.4. The van der Waals surface area contributed by atoms with E-state index in [4.69, 9.17) is 4.74 Å². The minimum Gasteiger partial charge on any atom is -0.489 e. The number of hydrogen-bond donors (Lipinski definition) is 1. The van der Waals surface area contributed by atoms with Crippen LogP contribution in [0.4, 0.5) is 0 Å². The maximum atomic E-state index is 6.10. The third kappa shape index (κ3) is 3.74. The van der Waals surface area contributed by atoms with Gasteiger partial charge in [-0.1, -0.05) is 6.07 Å². The second kappa shape index (κ2) is 6.46. The van der Waals surface area contributed by atoms with Crippen LogP contribution in [-0.4, -0.2) is 43.7 Å². The fourth-order valence-electron chi connectivity index (χ4n) is 2.68. The van der Waals surface area contributed by atoms with E-state index in [1.54, 1.807) is 0 Å². The first-order chi connectivity index (χ1) is 9.72. The van der Waals surface area contributed by atoms with Crippen molar-refractivity contribution < 1.29 is 4.74 Å². The lowest BCUT2D eigenvalue weighted by atomic mass is 10.1. The number of ether oxygens (including phenoxy) is 1. The first-order valence-corrected chi connectivity index (χ1v) is 8.40. The highest BCUT2D eigenvalue weighted by Crippen LogP contribution is 2.36. The van der Waals surface area contributed by atoms with Crippen molar-refractivity contribution in [2.75, 3.05) is 32.7 Å². The Labute approximate surface area is 129 Å². The number of benzene rings is 1. The van der Waals surface area contributed by atoms with Gasteiger partial charge in [-0.25, -0.2) is 0 Å². The van der Waals surface area contributed by atoms with E-state index < -0.39 is 0 Å². The molecule has 0 bridgehead atoms. The summed E-state index contributed by atoms with van der Waals surface area (Å²) in [6.07, 6.45) is 3.93. The molecule has 1 saturated carbocycles. The molecule has 0 aromatic heterocycles. The molecular formula is C16H23BrN2O. The van der Waals surface area contributed by atoms with Crippen molar-refractivity contribution in [3.05, 3.63) is 27.7 Å². The summed E-state index contributed by atoms with van der Waals surface area (Å²) in [7, 11) is 0. The second-order valence-corrected chi connectivity index (χ2v) is 6.75. The summed E-state index contributed by atoms with van der Waals surface area (Å²) in [6, 6.07) is 4.44. The predicted octanol–water partition coefficient (Wildman–Crippen LogP) is 2.75. The molecule has 4 heteroatoms. The summed E-state index contributed by atoms with van der Waals surface area (Å²) in [6.45, 7) is 7.82. The van der Waals surface area contributed by atoms with E-state index in [2.05, 4.69) is 45.2 Å². The van der Waals surface area contributed by atoms with Crippen molar-refractivity contribution in [3.8, 4) is 5.75 Å². The number of piperazine rings is 1. The number of hydrogen-bond acceptors (Lipinski definition) is 3. The van der Waals surface area contributed by atoms with Crippen molar-refractivity contribution in [1.82, 2.24) is 10.2 Å². The molecule has 0 radical (unpaired) electrons. The standard InChI is InChI=1S/C16H23BrN2O/c1-12-10-13(4-7-19-8-5-18-6-9-19)16(15(17)11-12)20-14-2-3-14/h10-11,14,18H,2-9H2,1H3. The molecule has 2 fully saturated rings. The average molecular weight is 339 g/mol. The van der Waals surface area contributed by atoms with Gasteiger partial charge in [-0.05, 0) is 59.3 Å². The molecule has 0 atom stereocenters. The molecule has 110 valence electrons. The quantitative estimate of drug-likeness (QED) is 0.893. The number of halogens is 1. The molecule has 1 aromatic carbocycles. The van der Waals surface area contributed by atoms with E-state index in [1.807, 2.05) is 0 Å². The largest absolute Gasteiger partial charge is 0.489 e. The Morgan fingerprint density at radius 1 is 1.30 bits per heavy atom. The van der Waals surface area contributed by atoms with Gasteiger partial charge in [-0.3, -0.25) is 0 Å². The van der Waals surface area contributed by atoms with Crippen LogP contribution in [-0.2, 0) is 6.42 Å². The summed E-state index contributed by atoms with van der Waals surface area (Å²) in [5.74, 6) is 1.08. The van der Waals surface area contributed by atoms with E-state index in [0.717, 1.165) is 49.4 Å². The van der Waals surface area contributed by atoms with Crippen LogP contribution < -0.4 is 10.1 Å². The van der Waals surface area contributed by atoms with Crippen molar-refractivity contribution in [2.24, 2.45) is 0 Å². The van der Waals surface area contributed by atoms with Crippen LogP contribution in [0.5, 0.6) is 5.75 Å². The molecule has 1 aromatic rings. The first-order valence-electron chi connectivity index (χ1n) is 7.61. The molecular weight excluding hydrogens is 316 g/mol. The monoisotopic (exact) mass is 338 g/mol. The van der Waals surface area contributed by atoms with E-state index in [1.165, 1.54) is 24.0 Å². The topological polar surface area (TPSA) is 24.5 Å². The Morgan fingerprint density at radius 2 is 2.05 bits per heavy atom. The number of aryl methyl sites for hydroxylation is 1. The van der Waals surface area contributed by atoms with Gasteiger partial charge in [0.15, 0.2) is 0 Å². The van der Waals surface area contributed by atoms with Gasteiger partial charge >= 0.3 is 0 Å². The van der Waals surface area contributed by atoms with Crippen LogP contribution in [0.1, 0.15) is 24.0 Å². The van der Waals surface area contributed by atoms with Crippen LogP contribution in [0.3, 0.4) is 0 Å². The number of nitrogens with one attached hydrogen (secondary N) is 1.